The lowest BCUT2D eigenvalue weighted by molar-refractivity contribution is -0.784. The molecule has 0 saturated heterocycles. The maximum atomic E-state index is 2.34. The Bertz CT molecular complexity index is 214. The summed E-state index contributed by atoms with van der Waals surface area (Å²) in [4.78, 5) is 0. The van der Waals surface area contributed by atoms with Gasteiger partial charge in [0.25, 0.3) is 0 Å². The van der Waals surface area contributed by atoms with Crippen LogP contribution in [-0.2, 0) is 0 Å². The molecular weight excluding hydrogens is 230 g/mol. The van der Waals surface area contributed by atoms with Crippen LogP contribution >= 0.6 is 0 Å². The third-order valence-electron chi connectivity index (χ3n) is 3.43. The van der Waals surface area contributed by atoms with Crippen molar-refractivity contribution in [3.8, 4) is 0 Å². The lowest BCUT2D eigenvalue weighted by atomic mass is 10.1. The van der Waals surface area contributed by atoms with Gasteiger partial charge in [0, 0.05) is 0 Å². The Morgan fingerprint density at radius 1 is 0.632 bits per heavy atom. The highest BCUT2D eigenvalue weighted by atomic mass is 15.3. The van der Waals surface area contributed by atoms with Gasteiger partial charge in [-0.05, 0) is 37.8 Å². The van der Waals surface area contributed by atoms with Gasteiger partial charge in [-0.25, -0.2) is 0 Å². The zero-order chi connectivity index (χ0) is 14.4. The second-order valence-corrected chi connectivity index (χ2v) is 6.10. The largest absolute Gasteiger partial charge is 0.276 e. The third kappa shape index (κ3) is 13.7. The topological polar surface area (TPSA) is 0 Å². The number of hydrogen-bond acceptors (Lipinski definition) is 0. The van der Waals surface area contributed by atoms with Crippen molar-refractivity contribution in [2.24, 2.45) is 0 Å². The molecule has 0 unspecified atom stereocenters. The van der Waals surface area contributed by atoms with Gasteiger partial charge in [-0.15, -0.1) is 0 Å². The zero-order valence-corrected chi connectivity index (χ0v) is 13.8. The van der Waals surface area contributed by atoms with Crippen LogP contribution < -0.4 is 0 Å². The van der Waals surface area contributed by atoms with E-state index < -0.39 is 0 Å². The van der Waals surface area contributed by atoms with Crippen LogP contribution in [0, 0.1) is 0 Å². The van der Waals surface area contributed by atoms with Crippen molar-refractivity contribution < 1.29 is 4.48 Å². The molecule has 0 aromatic rings. The second-order valence-electron chi connectivity index (χ2n) is 6.10. The van der Waals surface area contributed by atoms with Crippen LogP contribution in [0.3, 0.4) is 0 Å². The van der Waals surface area contributed by atoms with Gasteiger partial charge < -0.3 is 0 Å². The summed E-state index contributed by atoms with van der Waals surface area (Å²) in [7, 11) is 4.48. The molecular formula is C18H36N+. The average molecular weight is 266 g/mol. The van der Waals surface area contributed by atoms with E-state index >= 15 is 0 Å². The van der Waals surface area contributed by atoms with E-state index in [1.165, 1.54) is 64.2 Å². The fourth-order valence-corrected chi connectivity index (χ4v) is 2.12. The van der Waals surface area contributed by atoms with E-state index in [1.54, 1.807) is 0 Å². The molecule has 19 heavy (non-hydrogen) atoms. The molecule has 0 aliphatic rings. The van der Waals surface area contributed by atoms with Gasteiger partial charge in [0.05, 0.1) is 26.5 Å². The van der Waals surface area contributed by atoms with Crippen LogP contribution in [0.2, 0.25) is 0 Å². The molecule has 0 amide bonds. The lowest BCUT2D eigenvalue weighted by Crippen LogP contribution is -2.25. The molecule has 1 nitrogen and oxygen atoms in total. The summed E-state index contributed by atoms with van der Waals surface area (Å²) in [6, 6.07) is 0. The number of unbranched alkanes of at least 4 members (excludes halogenated alkanes) is 8. The molecule has 0 fully saturated rings. The standard InChI is InChI=1S/C18H36N/c1-5-7-9-11-13-15-17-19(3,4)18-16-14-12-10-8-6-2/h15-18H,5-14H2,1-4H3/q+1/b17-15+,18-16+. The van der Waals surface area contributed by atoms with Crippen LogP contribution in [0.5, 0.6) is 0 Å². The predicted octanol–water partition coefficient (Wildman–Crippen LogP) is 6.03. The van der Waals surface area contributed by atoms with Crippen molar-refractivity contribution in [2.45, 2.75) is 78.1 Å². The molecule has 0 aromatic carbocycles. The van der Waals surface area contributed by atoms with E-state index in [2.05, 4.69) is 52.5 Å². The fraction of sp³-hybridized carbons (Fsp3) is 0.778. The molecule has 0 spiro atoms. The SMILES string of the molecule is CCCCCC/C=C/[N+](C)(C)/C=C/CCCCCC. The summed E-state index contributed by atoms with van der Waals surface area (Å²) in [6.07, 6.45) is 22.6. The molecule has 0 N–H and O–H groups in total. The highest BCUT2D eigenvalue weighted by Crippen LogP contribution is 2.08. The molecule has 0 rings (SSSR count). The summed E-state index contributed by atoms with van der Waals surface area (Å²) >= 11 is 0. The van der Waals surface area contributed by atoms with Gasteiger partial charge in [-0.2, -0.15) is 0 Å². The van der Waals surface area contributed by atoms with E-state index in [0.717, 1.165) is 4.48 Å². The Kier molecular flexibility index (Phi) is 12.1. The average Bonchev–Trinajstić information content (AvgIpc) is 2.38. The first-order chi connectivity index (χ1) is 9.12. The fourth-order valence-electron chi connectivity index (χ4n) is 2.12. The molecule has 112 valence electrons. The first-order valence-corrected chi connectivity index (χ1v) is 8.31. The van der Waals surface area contributed by atoms with Gasteiger partial charge in [0.15, 0.2) is 0 Å². The van der Waals surface area contributed by atoms with Crippen LogP contribution in [0.1, 0.15) is 78.1 Å². The van der Waals surface area contributed by atoms with Crippen molar-refractivity contribution in [1.29, 1.82) is 0 Å². The van der Waals surface area contributed by atoms with Crippen molar-refractivity contribution in [1.82, 2.24) is 0 Å². The maximum absolute atomic E-state index is 2.34. The van der Waals surface area contributed by atoms with E-state index in [4.69, 9.17) is 0 Å². The van der Waals surface area contributed by atoms with Crippen LogP contribution in [0.15, 0.2) is 24.6 Å². The lowest BCUT2D eigenvalue weighted by Gasteiger charge is -2.19. The van der Waals surface area contributed by atoms with E-state index in [9.17, 15) is 0 Å². The number of hydrogen-bond donors (Lipinski definition) is 0. The van der Waals surface area contributed by atoms with Gasteiger partial charge in [0.2, 0.25) is 0 Å². The van der Waals surface area contributed by atoms with Crippen molar-refractivity contribution in [3.05, 3.63) is 24.6 Å². The van der Waals surface area contributed by atoms with E-state index in [1.807, 2.05) is 0 Å². The summed E-state index contributed by atoms with van der Waals surface area (Å²) in [5.41, 5.74) is 0. The molecule has 0 saturated carbocycles. The van der Waals surface area contributed by atoms with E-state index in [0.29, 0.717) is 0 Å². The maximum Gasteiger partial charge on any atom is 0.0959 e. The summed E-state index contributed by atoms with van der Waals surface area (Å²) in [6.45, 7) is 4.53. The Morgan fingerprint density at radius 3 is 1.42 bits per heavy atom. The first-order valence-electron chi connectivity index (χ1n) is 8.31. The van der Waals surface area contributed by atoms with Gasteiger partial charge >= 0.3 is 0 Å². The van der Waals surface area contributed by atoms with E-state index in [-0.39, 0.29) is 0 Å². The normalized spacial score (nSPS) is 12.8. The highest BCUT2D eigenvalue weighted by Gasteiger charge is 2.04. The minimum absolute atomic E-state index is 0.877. The van der Waals surface area contributed by atoms with Crippen molar-refractivity contribution in [2.75, 3.05) is 14.1 Å². The quantitative estimate of drug-likeness (QED) is 0.299. The Hall–Kier alpha value is -0.560. The molecule has 0 aliphatic carbocycles. The predicted molar refractivity (Wildman–Crippen MR) is 87.9 cm³/mol. The molecule has 0 atom stereocenters. The second kappa shape index (κ2) is 12.5. The molecule has 0 aromatic heterocycles. The minimum atomic E-state index is 0.877. The number of rotatable bonds is 12. The third-order valence-corrected chi connectivity index (χ3v) is 3.43. The van der Waals surface area contributed by atoms with Crippen molar-refractivity contribution in [3.63, 3.8) is 0 Å². The first kappa shape index (κ1) is 18.4. The molecule has 1 heteroatoms. The number of allylic oxidation sites excluding steroid dienone is 2. The summed E-state index contributed by atoms with van der Waals surface area (Å²) in [5.74, 6) is 0. The van der Waals surface area contributed by atoms with Gasteiger partial charge in [0.1, 0.15) is 0 Å². The summed E-state index contributed by atoms with van der Waals surface area (Å²) in [5, 5.41) is 0. The van der Waals surface area contributed by atoms with Gasteiger partial charge in [-0.3, -0.25) is 4.48 Å². The molecule has 0 radical (unpaired) electrons. The van der Waals surface area contributed by atoms with Crippen LogP contribution in [-0.4, -0.2) is 18.6 Å². The Labute approximate surface area is 122 Å². The van der Waals surface area contributed by atoms with Gasteiger partial charge in [-0.1, -0.05) is 52.4 Å². The van der Waals surface area contributed by atoms with Crippen molar-refractivity contribution >= 4 is 0 Å². The molecule has 0 aliphatic heterocycles. The molecule has 0 heterocycles. The number of quaternary nitrogens is 1. The highest BCUT2D eigenvalue weighted by molar-refractivity contribution is 4.80. The zero-order valence-electron chi connectivity index (χ0n) is 13.8. The minimum Gasteiger partial charge on any atom is -0.276 e. The van der Waals surface area contributed by atoms with Crippen LogP contribution in [0.25, 0.3) is 0 Å². The Balaban J connectivity index is 3.70. The Morgan fingerprint density at radius 2 is 1.05 bits per heavy atom. The number of nitrogens with zero attached hydrogens (tertiary/aromatic N) is 1. The van der Waals surface area contributed by atoms with Crippen LogP contribution in [0.4, 0.5) is 0 Å². The summed E-state index contributed by atoms with van der Waals surface area (Å²) < 4.78 is 0.877. The molecule has 0 bridgehead atoms. The monoisotopic (exact) mass is 266 g/mol. The smallest absolute Gasteiger partial charge is 0.0959 e.